The molecule has 0 atom stereocenters. The van der Waals surface area contributed by atoms with Crippen LogP contribution in [-0.4, -0.2) is 39.4 Å². The SMILES string of the molecule is CCc1cc(N(C)CCC(F)(F)F)n2ncnc2n1. The van der Waals surface area contributed by atoms with Gasteiger partial charge in [0, 0.05) is 25.4 Å². The molecule has 0 aliphatic rings. The Morgan fingerprint density at radius 1 is 1.37 bits per heavy atom. The maximum absolute atomic E-state index is 12.3. The number of hydrogen-bond donors (Lipinski definition) is 0. The predicted octanol–water partition coefficient (Wildman–Crippen LogP) is 2.08. The van der Waals surface area contributed by atoms with E-state index in [9.17, 15) is 13.2 Å². The van der Waals surface area contributed by atoms with E-state index in [-0.39, 0.29) is 6.54 Å². The molecule has 2 aromatic heterocycles. The van der Waals surface area contributed by atoms with E-state index in [0.29, 0.717) is 18.0 Å². The minimum atomic E-state index is -4.17. The van der Waals surface area contributed by atoms with Crippen molar-refractivity contribution in [3.63, 3.8) is 0 Å². The monoisotopic (exact) mass is 273 g/mol. The zero-order valence-electron chi connectivity index (χ0n) is 10.6. The molecule has 5 nitrogen and oxygen atoms in total. The Morgan fingerprint density at radius 3 is 2.74 bits per heavy atom. The fourth-order valence-electron chi connectivity index (χ4n) is 1.71. The molecule has 0 amide bonds. The summed E-state index contributed by atoms with van der Waals surface area (Å²) in [5, 5.41) is 3.98. The van der Waals surface area contributed by atoms with Gasteiger partial charge in [0.1, 0.15) is 12.1 Å². The lowest BCUT2D eigenvalue weighted by atomic mass is 10.3. The molecule has 2 heterocycles. The number of aryl methyl sites for hydroxylation is 1. The zero-order chi connectivity index (χ0) is 14.0. The standard InChI is InChI=1S/C11H14F3N5/c1-3-8-6-9(18(2)5-4-11(12,13)14)19-10(17-8)15-7-16-19/h6-7H,3-5H2,1-2H3. The van der Waals surface area contributed by atoms with E-state index in [1.165, 1.54) is 15.7 Å². The predicted molar refractivity (Wildman–Crippen MR) is 64.1 cm³/mol. The first-order valence-electron chi connectivity index (χ1n) is 5.88. The largest absolute Gasteiger partial charge is 0.390 e. The highest BCUT2D eigenvalue weighted by atomic mass is 19.4. The fraction of sp³-hybridized carbons (Fsp3) is 0.545. The summed E-state index contributed by atoms with van der Waals surface area (Å²) in [5.74, 6) is 0.955. The third kappa shape index (κ3) is 3.12. The van der Waals surface area contributed by atoms with Gasteiger partial charge in [-0.25, -0.2) is 4.98 Å². The van der Waals surface area contributed by atoms with E-state index >= 15 is 0 Å². The lowest BCUT2D eigenvalue weighted by molar-refractivity contribution is -0.132. The van der Waals surface area contributed by atoms with E-state index < -0.39 is 12.6 Å². The Morgan fingerprint density at radius 2 is 2.11 bits per heavy atom. The summed E-state index contributed by atoms with van der Waals surface area (Å²) < 4.78 is 38.2. The first-order chi connectivity index (χ1) is 8.90. The number of hydrogen-bond acceptors (Lipinski definition) is 4. The van der Waals surface area contributed by atoms with Crippen molar-refractivity contribution < 1.29 is 13.2 Å². The molecule has 0 saturated heterocycles. The molecule has 0 bridgehead atoms. The van der Waals surface area contributed by atoms with Crippen LogP contribution in [0.1, 0.15) is 19.0 Å². The van der Waals surface area contributed by atoms with Crippen LogP contribution in [0.2, 0.25) is 0 Å². The lowest BCUT2D eigenvalue weighted by Crippen LogP contribution is -2.26. The molecule has 0 N–H and O–H groups in total. The maximum Gasteiger partial charge on any atom is 0.390 e. The van der Waals surface area contributed by atoms with E-state index in [1.807, 2.05) is 6.92 Å². The van der Waals surface area contributed by atoms with Crippen molar-refractivity contribution in [2.75, 3.05) is 18.5 Å². The van der Waals surface area contributed by atoms with Crippen LogP contribution in [-0.2, 0) is 6.42 Å². The van der Waals surface area contributed by atoms with Crippen LogP contribution in [0.25, 0.3) is 5.78 Å². The van der Waals surface area contributed by atoms with Crippen LogP contribution < -0.4 is 4.90 Å². The number of anilines is 1. The van der Waals surface area contributed by atoms with Crippen molar-refractivity contribution in [1.82, 2.24) is 19.6 Å². The van der Waals surface area contributed by atoms with Crippen molar-refractivity contribution in [3.8, 4) is 0 Å². The molecular formula is C11H14F3N5. The Hall–Kier alpha value is -1.86. The summed E-state index contributed by atoms with van der Waals surface area (Å²) in [6.07, 6.45) is -3.02. The molecular weight excluding hydrogens is 259 g/mol. The van der Waals surface area contributed by atoms with Gasteiger partial charge in [0.15, 0.2) is 0 Å². The van der Waals surface area contributed by atoms with Gasteiger partial charge in [-0.2, -0.15) is 27.8 Å². The fourth-order valence-corrected chi connectivity index (χ4v) is 1.71. The highest BCUT2D eigenvalue weighted by Crippen LogP contribution is 2.22. The van der Waals surface area contributed by atoms with Gasteiger partial charge in [-0.05, 0) is 6.42 Å². The Bertz CT molecular complexity index is 563. The second kappa shape index (κ2) is 5.02. The van der Waals surface area contributed by atoms with Crippen LogP contribution in [0, 0.1) is 0 Å². The number of fused-ring (bicyclic) bond motifs is 1. The van der Waals surface area contributed by atoms with Gasteiger partial charge in [0.05, 0.1) is 6.42 Å². The second-order valence-electron chi connectivity index (χ2n) is 4.22. The number of aromatic nitrogens is 4. The Balaban J connectivity index is 2.29. The number of nitrogens with zero attached hydrogens (tertiary/aromatic N) is 5. The smallest absolute Gasteiger partial charge is 0.359 e. The summed E-state index contributed by atoms with van der Waals surface area (Å²) in [5.41, 5.74) is 0.773. The molecule has 8 heteroatoms. The van der Waals surface area contributed by atoms with Crippen LogP contribution in [0.4, 0.5) is 19.0 Å². The average molecular weight is 273 g/mol. The molecule has 0 unspecified atom stereocenters. The van der Waals surface area contributed by atoms with Crippen molar-refractivity contribution in [1.29, 1.82) is 0 Å². The van der Waals surface area contributed by atoms with Gasteiger partial charge >= 0.3 is 6.18 Å². The summed E-state index contributed by atoms with van der Waals surface area (Å²) in [6, 6.07) is 1.73. The van der Waals surface area contributed by atoms with Crippen LogP contribution >= 0.6 is 0 Å². The van der Waals surface area contributed by atoms with Crippen molar-refractivity contribution in [2.45, 2.75) is 25.9 Å². The summed E-state index contributed by atoms with van der Waals surface area (Å²) in [7, 11) is 1.60. The molecule has 0 aliphatic heterocycles. The molecule has 0 aliphatic carbocycles. The van der Waals surface area contributed by atoms with E-state index in [4.69, 9.17) is 0 Å². The topological polar surface area (TPSA) is 46.3 Å². The second-order valence-corrected chi connectivity index (χ2v) is 4.22. The van der Waals surface area contributed by atoms with E-state index in [0.717, 1.165) is 5.69 Å². The van der Waals surface area contributed by atoms with Gasteiger partial charge in [-0.1, -0.05) is 6.92 Å². The first-order valence-corrected chi connectivity index (χ1v) is 5.88. The lowest BCUT2D eigenvalue weighted by Gasteiger charge is -2.20. The van der Waals surface area contributed by atoms with Crippen LogP contribution in [0.15, 0.2) is 12.4 Å². The molecule has 104 valence electrons. The third-order valence-corrected chi connectivity index (χ3v) is 2.77. The number of alkyl halides is 3. The first kappa shape index (κ1) is 13.6. The average Bonchev–Trinajstić information content (AvgIpc) is 2.81. The molecule has 0 spiro atoms. The molecule has 0 saturated carbocycles. The van der Waals surface area contributed by atoms with Gasteiger partial charge < -0.3 is 4.90 Å². The highest BCUT2D eigenvalue weighted by Gasteiger charge is 2.27. The Labute approximate surface area is 108 Å². The molecule has 2 aromatic rings. The number of rotatable bonds is 4. The quantitative estimate of drug-likeness (QED) is 0.855. The van der Waals surface area contributed by atoms with E-state index in [1.54, 1.807) is 13.1 Å². The molecule has 0 aromatic carbocycles. The van der Waals surface area contributed by atoms with Gasteiger partial charge in [0.2, 0.25) is 0 Å². The summed E-state index contributed by atoms with van der Waals surface area (Å²) >= 11 is 0. The van der Waals surface area contributed by atoms with E-state index in [2.05, 4.69) is 15.1 Å². The van der Waals surface area contributed by atoms with Gasteiger partial charge in [-0.3, -0.25) is 0 Å². The van der Waals surface area contributed by atoms with Gasteiger partial charge in [-0.15, -0.1) is 0 Å². The molecule has 0 radical (unpaired) electrons. The van der Waals surface area contributed by atoms with Crippen molar-refractivity contribution in [2.24, 2.45) is 0 Å². The highest BCUT2D eigenvalue weighted by molar-refractivity contribution is 5.46. The molecule has 19 heavy (non-hydrogen) atoms. The van der Waals surface area contributed by atoms with Gasteiger partial charge in [0.25, 0.3) is 5.78 Å². The van der Waals surface area contributed by atoms with Crippen molar-refractivity contribution in [3.05, 3.63) is 18.1 Å². The Kier molecular flexibility index (Phi) is 3.59. The summed E-state index contributed by atoms with van der Waals surface area (Å²) in [4.78, 5) is 9.73. The minimum absolute atomic E-state index is 0.133. The maximum atomic E-state index is 12.3. The minimum Gasteiger partial charge on any atom is -0.359 e. The zero-order valence-corrected chi connectivity index (χ0v) is 10.6. The molecule has 2 rings (SSSR count). The normalized spacial score (nSPS) is 12.1. The van der Waals surface area contributed by atoms with Crippen LogP contribution in [0.5, 0.6) is 0 Å². The molecule has 0 fully saturated rings. The number of halogens is 3. The van der Waals surface area contributed by atoms with Crippen molar-refractivity contribution >= 4 is 11.6 Å². The van der Waals surface area contributed by atoms with Crippen LogP contribution in [0.3, 0.4) is 0 Å². The summed E-state index contributed by atoms with van der Waals surface area (Å²) in [6.45, 7) is 1.79. The third-order valence-electron chi connectivity index (χ3n) is 2.77.